The van der Waals surface area contributed by atoms with Crippen LogP contribution in [0.2, 0.25) is 0 Å². The lowest BCUT2D eigenvalue weighted by Crippen LogP contribution is -2.13. The fourth-order valence-electron chi connectivity index (χ4n) is 1.42. The van der Waals surface area contributed by atoms with Gasteiger partial charge in [-0.25, -0.2) is 4.98 Å². The molecule has 1 aromatic carbocycles. The third-order valence-electron chi connectivity index (χ3n) is 2.22. The lowest BCUT2D eigenvalue weighted by Gasteiger charge is -2.12. The summed E-state index contributed by atoms with van der Waals surface area (Å²) < 4.78 is 0. The van der Waals surface area contributed by atoms with Gasteiger partial charge in [0, 0.05) is 19.8 Å². The molecule has 2 rings (SSSR count). The zero-order chi connectivity index (χ0) is 11.0. The van der Waals surface area contributed by atoms with Crippen molar-refractivity contribution in [2.24, 2.45) is 0 Å². The minimum Gasteiger partial charge on any atom is -0.378 e. The molecule has 5 heteroatoms. The number of H-pyrrole nitrogens is 1. The van der Waals surface area contributed by atoms with Crippen molar-refractivity contribution in [2.45, 2.75) is 0 Å². The molecular formula is C10H12N4O. The average molecular weight is 204 g/mol. The highest BCUT2D eigenvalue weighted by molar-refractivity contribution is 5.82. The van der Waals surface area contributed by atoms with Gasteiger partial charge in [0.1, 0.15) is 0 Å². The lowest BCUT2D eigenvalue weighted by atomic mass is 10.2. The monoisotopic (exact) mass is 204 g/mol. The van der Waals surface area contributed by atoms with Crippen molar-refractivity contribution in [3.05, 3.63) is 28.6 Å². The Morgan fingerprint density at radius 1 is 1.40 bits per heavy atom. The number of rotatable bonds is 1. The van der Waals surface area contributed by atoms with E-state index in [1.807, 2.05) is 31.1 Å². The number of benzene rings is 1. The van der Waals surface area contributed by atoms with Crippen LogP contribution in [0.4, 0.5) is 11.6 Å². The van der Waals surface area contributed by atoms with Gasteiger partial charge in [0.2, 0.25) is 5.95 Å². The highest BCUT2D eigenvalue weighted by Crippen LogP contribution is 2.16. The predicted octanol–water partition coefficient (Wildman–Crippen LogP) is 0.571. The molecule has 0 bridgehead atoms. The standard InChI is InChI=1S/C10H12N4O/c1-14(2)6-3-4-7-8(5-6)12-10(11)13-9(7)15/h3-5H,1-2H3,(H3,11,12,13,15). The van der Waals surface area contributed by atoms with Gasteiger partial charge < -0.3 is 10.6 Å². The quantitative estimate of drug-likeness (QED) is 0.712. The van der Waals surface area contributed by atoms with Crippen LogP contribution in [-0.2, 0) is 0 Å². The molecule has 0 radical (unpaired) electrons. The number of aromatic amines is 1. The van der Waals surface area contributed by atoms with Crippen LogP contribution in [0.1, 0.15) is 0 Å². The molecule has 1 heterocycles. The molecule has 3 N–H and O–H groups in total. The Morgan fingerprint density at radius 3 is 2.80 bits per heavy atom. The molecule has 0 fully saturated rings. The molecule has 0 aliphatic rings. The Kier molecular flexibility index (Phi) is 2.07. The van der Waals surface area contributed by atoms with Crippen LogP contribution in [-0.4, -0.2) is 24.1 Å². The van der Waals surface area contributed by atoms with E-state index >= 15 is 0 Å². The molecular weight excluding hydrogens is 192 g/mol. The van der Waals surface area contributed by atoms with Crippen molar-refractivity contribution < 1.29 is 0 Å². The largest absolute Gasteiger partial charge is 0.378 e. The van der Waals surface area contributed by atoms with E-state index in [-0.39, 0.29) is 11.5 Å². The summed E-state index contributed by atoms with van der Waals surface area (Å²) in [5.74, 6) is 0.142. The molecule has 0 saturated carbocycles. The van der Waals surface area contributed by atoms with Gasteiger partial charge in [0.15, 0.2) is 0 Å². The van der Waals surface area contributed by atoms with Crippen LogP contribution < -0.4 is 16.2 Å². The minimum absolute atomic E-state index is 0.142. The highest BCUT2D eigenvalue weighted by atomic mass is 16.1. The van der Waals surface area contributed by atoms with E-state index in [0.29, 0.717) is 10.9 Å². The summed E-state index contributed by atoms with van der Waals surface area (Å²) in [4.78, 5) is 20.0. The summed E-state index contributed by atoms with van der Waals surface area (Å²) in [6.45, 7) is 0. The summed E-state index contributed by atoms with van der Waals surface area (Å²) in [6, 6.07) is 5.45. The van der Waals surface area contributed by atoms with Gasteiger partial charge in [0.25, 0.3) is 5.56 Å². The van der Waals surface area contributed by atoms with Gasteiger partial charge in [-0.1, -0.05) is 0 Å². The minimum atomic E-state index is -0.206. The van der Waals surface area contributed by atoms with E-state index in [0.717, 1.165) is 5.69 Å². The molecule has 1 aromatic heterocycles. The number of nitrogen functional groups attached to an aromatic ring is 1. The maximum absolute atomic E-state index is 11.5. The summed E-state index contributed by atoms with van der Waals surface area (Å²) in [6.07, 6.45) is 0. The normalized spacial score (nSPS) is 10.5. The summed E-state index contributed by atoms with van der Waals surface area (Å²) in [7, 11) is 3.86. The van der Waals surface area contributed by atoms with E-state index in [1.165, 1.54) is 0 Å². The van der Waals surface area contributed by atoms with Crippen molar-refractivity contribution in [1.82, 2.24) is 9.97 Å². The molecule has 0 saturated heterocycles. The first kappa shape index (κ1) is 9.51. The van der Waals surface area contributed by atoms with Crippen molar-refractivity contribution in [3.8, 4) is 0 Å². The zero-order valence-electron chi connectivity index (χ0n) is 8.61. The van der Waals surface area contributed by atoms with Gasteiger partial charge in [-0.2, -0.15) is 0 Å². The Labute approximate surface area is 86.5 Å². The van der Waals surface area contributed by atoms with Gasteiger partial charge in [-0.3, -0.25) is 9.78 Å². The fraction of sp³-hybridized carbons (Fsp3) is 0.200. The number of nitrogens with two attached hydrogens (primary N) is 1. The van der Waals surface area contributed by atoms with Gasteiger partial charge in [-0.05, 0) is 18.2 Å². The van der Waals surface area contributed by atoms with Gasteiger partial charge >= 0.3 is 0 Å². The molecule has 0 aliphatic heterocycles. The molecule has 0 amide bonds. The maximum Gasteiger partial charge on any atom is 0.260 e. The van der Waals surface area contributed by atoms with Crippen molar-refractivity contribution >= 4 is 22.5 Å². The second-order valence-corrected chi connectivity index (χ2v) is 3.55. The SMILES string of the molecule is CN(C)c1ccc2c(=O)[nH]c(N)nc2c1. The molecule has 0 atom stereocenters. The van der Waals surface area contributed by atoms with E-state index in [2.05, 4.69) is 9.97 Å². The molecule has 0 spiro atoms. The smallest absolute Gasteiger partial charge is 0.260 e. The van der Waals surface area contributed by atoms with Crippen LogP contribution >= 0.6 is 0 Å². The first-order valence-corrected chi connectivity index (χ1v) is 4.55. The first-order valence-electron chi connectivity index (χ1n) is 4.55. The zero-order valence-corrected chi connectivity index (χ0v) is 8.61. The molecule has 0 unspecified atom stereocenters. The Hall–Kier alpha value is -2.04. The first-order chi connectivity index (χ1) is 7.08. The Morgan fingerprint density at radius 2 is 2.13 bits per heavy atom. The predicted molar refractivity (Wildman–Crippen MR) is 61.1 cm³/mol. The van der Waals surface area contributed by atoms with Gasteiger partial charge in [-0.15, -0.1) is 0 Å². The number of nitrogens with one attached hydrogen (secondary N) is 1. The van der Waals surface area contributed by atoms with Crippen molar-refractivity contribution in [1.29, 1.82) is 0 Å². The van der Waals surface area contributed by atoms with Crippen LogP contribution in [0, 0.1) is 0 Å². The Bertz CT molecular complexity index is 559. The molecule has 5 nitrogen and oxygen atoms in total. The average Bonchev–Trinajstić information content (AvgIpc) is 2.16. The molecule has 2 aromatic rings. The second-order valence-electron chi connectivity index (χ2n) is 3.55. The lowest BCUT2D eigenvalue weighted by molar-refractivity contribution is 1.13. The van der Waals surface area contributed by atoms with Crippen LogP contribution in [0.5, 0.6) is 0 Å². The third kappa shape index (κ3) is 1.63. The Balaban J connectivity index is 2.77. The van der Waals surface area contributed by atoms with E-state index < -0.39 is 0 Å². The number of aromatic nitrogens is 2. The third-order valence-corrected chi connectivity index (χ3v) is 2.22. The van der Waals surface area contributed by atoms with Crippen LogP contribution in [0.15, 0.2) is 23.0 Å². The maximum atomic E-state index is 11.5. The second kappa shape index (κ2) is 3.27. The van der Waals surface area contributed by atoms with Gasteiger partial charge in [0.05, 0.1) is 10.9 Å². The van der Waals surface area contributed by atoms with E-state index in [4.69, 9.17) is 5.73 Å². The van der Waals surface area contributed by atoms with E-state index in [1.54, 1.807) is 6.07 Å². The number of hydrogen-bond donors (Lipinski definition) is 2. The number of fused-ring (bicyclic) bond motifs is 1. The molecule has 78 valence electrons. The summed E-state index contributed by atoms with van der Waals surface area (Å²) in [5.41, 5.74) is 6.86. The topological polar surface area (TPSA) is 75.0 Å². The molecule has 15 heavy (non-hydrogen) atoms. The molecule has 0 aliphatic carbocycles. The van der Waals surface area contributed by atoms with Crippen LogP contribution in [0.3, 0.4) is 0 Å². The van der Waals surface area contributed by atoms with Crippen molar-refractivity contribution in [2.75, 3.05) is 24.7 Å². The highest BCUT2D eigenvalue weighted by Gasteiger charge is 2.03. The van der Waals surface area contributed by atoms with Crippen molar-refractivity contribution in [3.63, 3.8) is 0 Å². The summed E-state index contributed by atoms with van der Waals surface area (Å²) in [5, 5.41) is 0.551. The number of anilines is 2. The number of nitrogens with zero attached hydrogens (tertiary/aromatic N) is 2. The summed E-state index contributed by atoms with van der Waals surface area (Å²) >= 11 is 0. The van der Waals surface area contributed by atoms with E-state index in [9.17, 15) is 4.79 Å². The number of hydrogen-bond acceptors (Lipinski definition) is 4. The fourth-order valence-corrected chi connectivity index (χ4v) is 1.42. The van der Waals surface area contributed by atoms with Crippen LogP contribution in [0.25, 0.3) is 10.9 Å².